The van der Waals surface area contributed by atoms with E-state index < -0.39 is 17.6 Å². The number of primary amides is 1. The minimum Gasteiger partial charge on any atom is -0.364 e. The van der Waals surface area contributed by atoms with Crippen molar-refractivity contribution in [2.24, 2.45) is 5.73 Å². The zero-order valence-electron chi connectivity index (χ0n) is 17.9. The molecule has 2 aromatic heterocycles. The van der Waals surface area contributed by atoms with E-state index in [0.717, 1.165) is 5.56 Å². The summed E-state index contributed by atoms with van der Waals surface area (Å²) in [6.07, 6.45) is 0. The number of hydrogen-bond donors (Lipinski definition) is 2. The lowest BCUT2D eigenvalue weighted by atomic mass is 10.1. The predicted molar refractivity (Wildman–Crippen MR) is 120 cm³/mol. The van der Waals surface area contributed by atoms with Crippen LogP contribution >= 0.6 is 0 Å². The molecule has 3 N–H and O–H groups in total. The molecule has 164 valence electrons. The van der Waals surface area contributed by atoms with Crippen molar-refractivity contribution in [3.05, 3.63) is 88.1 Å². The second-order valence-electron chi connectivity index (χ2n) is 7.51. The van der Waals surface area contributed by atoms with Crippen LogP contribution in [0.5, 0.6) is 0 Å². The molecular weight excluding hydrogens is 423 g/mol. The average Bonchev–Trinajstić information content (AvgIpc) is 3.05. The van der Waals surface area contributed by atoms with E-state index in [2.05, 4.69) is 21.5 Å². The number of nitriles is 1. The number of rotatable bonds is 5. The van der Waals surface area contributed by atoms with E-state index >= 15 is 0 Å². The lowest BCUT2D eigenvalue weighted by molar-refractivity contribution is 0.0996. The summed E-state index contributed by atoms with van der Waals surface area (Å²) in [5.74, 6) is -1.90. The van der Waals surface area contributed by atoms with Crippen molar-refractivity contribution in [3.63, 3.8) is 0 Å². The first-order valence-corrected chi connectivity index (χ1v) is 10.0. The first-order valence-electron chi connectivity index (χ1n) is 10.0. The molecule has 0 fully saturated rings. The molecule has 2 aromatic carbocycles. The van der Waals surface area contributed by atoms with Crippen molar-refractivity contribution >= 4 is 28.4 Å². The van der Waals surface area contributed by atoms with E-state index in [-0.39, 0.29) is 22.2 Å². The number of hydrogen-bond acceptors (Lipinski definition) is 5. The zero-order chi connectivity index (χ0) is 23.7. The normalized spacial score (nSPS) is 10.7. The Morgan fingerprint density at radius 1 is 1.18 bits per heavy atom. The third-order valence-electron chi connectivity index (χ3n) is 5.35. The van der Waals surface area contributed by atoms with Crippen molar-refractivity contribution in [1.82, 2.24) is 14.8 Å². The van der Waals surface area contributed by atoms with Gasteiger partial charge in [-0.05, 0) is 49.7 Å². The lowest BCUT2D eigenvalue weighted by Gasteiger charge is -2.11. The molecule has 0 atom stereocenters. The molecule has 0 aliphatic rings. The number of carbonyl (C=O) groups excluding carboxylic acids is 2. The Hall–Kier alpha value is -4.58. The second-order valence-corrected chi connectivity index (χ2v) is 7.51. The van der Waals surface area contributed by atoms with Gasteiger partial charge in [0.25, 0.3) is 11.8 Å². The Balaban J connectivity index is 1.71. The molecule has 2 heterocycles. The van der Waals surface area contributed by atoms with Crippen molar-refractivity contribution in [2.75, 3.05) is 5.32 Å². The molecule has 0 spiro atoms. The summed E-state index contributed by atoms with van der Waals surface area (Å²) in [6, 6.07) is 14.4. The smallest absolute Gasteiger partial charge is 0.267 e. The summed E-state index contributed by atoms with van der Waals surface area (Å²) in [5.41, 5.74) is 8.66. The van der Waals surface area contributed by atoms with Crippen LogP contribution in [0.3, 0.4) is 0 Å². The Labute approximate surface area is 188 Å². The van der Waals surface area contributed by atoms with Crippen LogP contribution in [0.25, 0.3) is 10.9 Å². The molecule has 0 bridgehead atoms. The van der Waals surface area contributed by atoms with Gasteiger partial charge in [0, 0.05) is 5.39 Å². The first kappa shape index (κ1) is 21.6. The Bertz CT molecular complexity index is 1470. The van der Waals surface area contributed by atoms with Crippen LogP contribution in [0.4, 0.5) is 10.1 Å². The van der Waals surface area contributed by atoms with Crippen molar-refractivity contribution in [3.8, 4) is 6.07 Å². The number of nitrogens with zero attached hydrogens (tertiary/aromatic N) is 4. The third kappa shape index (κ3) is 4.14. The number of aryl methyl sites for hydroxylation is 1. The molecule has 4 aromatic rings. The highest BCUT2D eigenvalue weighted by molar-refractivity contribution is 6.14. The van der Waals surface area contributed by atoms with Crippen LogP contribution in [-0.4, -0.2) is 26.6 Å². The molecule has 0 aliphatic carbocycles. The number of nitrogens with one attached hydrogen (secondary N) is 1. The van der Waals surface area contributed by atoms with E-state index in [0.29, 0.717) is 29.2 Å². The Morgan fingerprint density at radius 2 is 1.94 bits per heavy atom. The van der Waals surface area contributed by atoms with Gasteiger partial charge in [-0.2, -0.15) is 10.4 Å². The van der Waals surface area contributed by atoms with Gasteiger partial charge in [0.05, 0.1) is 46.3 Å². The molecule has 0 aliphatic heterocycles. The molecule has 2 amide bonds. The van der Waals surface area contributed by atoms with Crippen LogP contribution < -0.4 is 11.1 Å². The van der Waals surface area contributed by atoms with Gasteiger partial charge in [-0.25, -0.2) is 9.37 Å². The van der Waals surface area contributed by atoms with Crippen LogP contribution in [0, 0.1) is 31.0 Å². The van der Waals surface area contributed by atoms with Crippen LogP contribution in [0.15, 0.2) is 48.5 Å². The SMILES string of the molecule is Cc1nn(Cc2ccccc2C#N)c(C)c1NC(=O)c1cc(C(N)=O)nc2ccc(F)cc12. The van der Waals surface area contributed by atoms with Crippen molar-refractivity contribution < 1.29 is 14.0 Å². The maximum Gasteiger partial charge on any atom is 0.267 e. The Kier molecular flexibility index (Phi) is 5.58. The summed E-state index contributed by atoms with van der Waals surface area (Å²) in [6.45, 7) is 3.89. The maximum atomic E-state index is 13.9. The average molecular weight is 442 g/mol. The largest absolute Gasteiger partial charge is 0.364 e. The van der Waals surface area contributed by atoms with Gasteiger partial charge in [-0.15, -0.1) is 0 Å². The maximum absolute atomic E-state index is 13.9. The number of amides is 2. The molecule has 4 rings (SSSR count). The molecule has 9 heteroatoms. The van der Waals surface area contributed by atoms with Gasteiger partial charge in [-0.1, -0.05) is 18.2 Å². The van der Waals surface area contributed by atoms with Gasteiger partial charge < -0.3 is 11.1 Å². The second kappa shape index (κ2) is 8.51. The van der Waals surface area contributed by atoms with Gasteiger partial charge in [0.15, 0.2) is 0 Å². The van der Waals surface area contributed by atoms with E-state index in [1.165, 1.54) is 24.3 Å². The molecule has 0 unspecified atom stereocenters. The number of aromatic nitrogens is 3. The van der Waals surface area contributed by atoms with Crippen LogP contribution in [0.1, 0.15) is 43.4 Å². The van der Waals surface area contributed by atoms with Gasteiger partial charge in [-0.3, -0.25) is 14.3 Å². The lowest BCUT2D eigenvalue weighted by Crippen LogP contribution is -2.18. The molecule has 0 radical (unpaired) electrons. The summed E-state index contributed by atoms with van der Waals surface area (Å²) < 4.78 is 15.6. The number of anilines is 1. The number of benzene rings is 2. The minimum atomic E-state index is -0.799. The highest BCUT2D eigenvalue weighted by atomic mass is 19.1. The zero-order valence-corrected chi connectivity index (χ0v) is 17.9. The summed E-state index contributed by atoms with van der Waals surface area (Å²) >= 11 is 0. The molecule has 8 nitrogen and oxygen atoms in total. The Morgan fingerprint density at radius 3 is 2.67 bits per heavy atom. The first-order chi connectivity index (χ1) is 15.8. The fourth-order valence-electron chi connectivity index (χ4n) is 3.65. The standard InChI is InChI=1S/C24H19FN6O2/c1-13-22(14(2)31(30-13)12-16-6-4-3-5-15(16)11-26)29-24(33)19-10-21(23(27)32)28-20-8-7-17(25)9-18(19)20/h3-10H,12H2,1-2H3,(H2,27,32)(H,29,33). The summed E-state index contributed by atoms with van der Waals surface area (Å²) in [7, 11) is 0. The van der Waals surface area contributed by atoms with E-state index in [4.69, 9.17) is 5.73 Å². The summed E-state index contributed by atoms with van der Waals surface area (Å²) in [5, 5.41) is 16.9. The van der Waals surface area contributed by atoms with Gasteiger partial charge >= 0.3 is 0 Å². The molecule has 0 saturated heterocycles. The van der Waals surface area contributed by atoms with Gasteiger partial charge in [0.2, 0.25) is 0 Å². The fourth-order valence-corrected chi connectivity index (χ4v) is 3.65. The quantitative estimate of drug-likeness (QED) is 0.489. The highest BCUT2D eigenvalue weighted by Gasteiger charge is 2.20. The van der Waals surface area contributed by atoms with E-state index in [1.807, 2.05) is 12.1 Å². The topological polar surface area (TPSA) is 127 Å². The fraction of sp³-hybridized carbons (Fsp3) is 0.125. The molecular formula is C24H19FN6O2. The number of nitrogens with two attached hydrogens (primary N) is 1. The van der Waals surface area contributed by atoms with Crippen LogP contribution in [0.2, 0.25) is 0 Å². The molecule has 33 heavy (non-hydrogen) atoms. The number of pyridine rings is 1. The predicted octanol–water partition coefficient (Wildman–Crippen LogP) is 3.46. The summed E-state index contributed by atoms with van der Waals surface area (Å²) in [4.78, 5) is 29.0. The van der Waals surface area contributed by atoms with E-state index in [1.54, 1.807) is 30.7 Å². The number of halogens is 1. The number of carbonyl (C=O) groups is 2. The molecule has 0 saturated carbocycles. The van der Waals surface area contributed by atoms with Crippen molar-refractivity contribution in [1.29, 1.82) is 5.26 Å². The third-order valence-corrected chi connectivity index (χ3v) is 5.35. The highest BCUT2D eigenvalue weighted by Crippen LogP contribution is 2.25. The van der Waals surface area contributed by atoms with Crippen LogP contribution in [-0.2, 0) is 6.54 Å². The number of fused-ring (bicyclic) bond motifs is 1. The monoisotopic (exact) mass is 442 g/mol. The van der Waals surface area contributed by atoms with Gasteiger partial charge in [0.1, 0.15) is 11.5 Å². The minimum absolute atomic E-state index is 0.0645. The van der Waals surface area contributed by atoms with Crippen molar-refractivity contribution in [2.45, 2.75) is 20.4 Å². The van der Waals surface area contributed by atoms with E-state index in [9.17, 15) is 19.2 Å².